The van der Waals surface area contributed by atoms with Gasteiger partial charge in [0, 0.05) is 18.7 Å². The van der Waals surface area contributed by atoms with Gasteiger partial charge in [-0.05, 0) is 50.4 Å². The molecule has 0 aromatic heterocycles. The first-order chi connectivity index (χ1) is 9.34. The molecule has 1 aliphatic heterocycles. The average Bonchev–Trinajstić information content (AvgIpc) is 2.38. The molecule has 2 heteroatoms. The van der Waals surface area contributed by atoms with Crippen molar-refractivity contribution in [3.05, 3.63) is 0 Å². The van der Waals surface area contributed by atoms with Crippen LogP contribution in [0.15, 0.2) is 0 Å². The maximum Gasteiger partial charge on any atom is 0.0666 e. The van der Waals surface area contributed by atoms with Crippen LogP contribution in [0.25, 0.3) is 0 Å². The SMILES string of the molecule is CCC1(C)CC(NC2CCCCC2C(C)(C)C)CCO1. The van der Waals surface area contributed by atoms with Crippen molar-refractivity contribution in [1.29, 1.82) is 0 Å². The van der Waals surface area contributed by atoms with Crippen LogP contribution in [-0.2, 0) is 4.74 Å². The third-order valence-electron chi connectivity index (χ3n) is 5.67. The summed E-state index contributed by atoms with van der Waals surface area (Å²) < 4.78 is 5.99. The van der Waals surface area contributed by atoms with Gasteiger partial charge in [-0.25, -0.2) is 0 Å². The minimum absolute atomic E-state index is 0.0990. The van der Waals surface area contributed by atoms with Gasteiger partial charge in [-0.1, -0.05) is 40.5 Å². The monoisotopic (exact) mass is 281 g/mol. The van der Waals surface area contributed by atoms with E-state index in [0.29, 0.717) is 17.5 Å². The van der Waals surface area contributed by atoms with Crippen molar-refractivity contribution in [1.82, 2.24) is 5.32 Å². The van der Waals surface area contributed by atoms with Crippen LogP contribution in [0.4, 0.5) is 0 Å². The maximum absolute atomic E-state index is 5.99. The summed E-state index contributed by atoms with van der Waals surface area (Å²) >= 11 is 0. The zero-order valence-corrected chi connectivity index (χ0v) is 14.3. The summed E-state index contributed by atoms with van der Waals surface area (Å²) in [5, 5.41) is 4.02. The Morgan fingerprint density at radius 2 is 1.85 bits per heavy atom. The molecule has 1 saturated heterocycles. The van der Waals surface area contributed by atoms with Gasteiger partial charge in [0.1, 0.15) is 0 Å². The van der Waals surface area contributed by atoms with E-state index in [-0.39, 0.29) is 5.60 Å². The molecule has 0 radical (unpaired) electrons. The molecule has 0 amide bonds. The van der Waals surface area contributed by atoms with Gasteiger partial charge in [0.2, 0.25) is 0 Å². The topological polar surface area (TPSA) is 21.3 Å². The van der Waals surface area contributed by atoms with Gasteiger partial charge in [-0.3, -0.25) is 0 Å². The first-order valence-corrected chi connectivity index (χ1v) is 8.74. The first kappa shape index (κ1) is 16.3. The van der Waals surface area contributed by atoms with Crippen LogP contribution in [0.5, 0.6) is 0 Å². The Morgan fingerprint density at radius 1 is 1.15 bits per heavy atom. The van der Waals surface area contributed by atoms with Crippen LogP contribution >= 0.6 is 0 Å². The normalized spacial score (nSPS) is 39.8. The lowest BCUT2D eigenvalue weighted by atomic mass is 9.69. The molecular weight excluding hydrogens is 246 g/mol. The largest absolute Gasteiger partial charge is 0.375 e. The predicted octanol–water partition coefficient (Wildman–Crippen LogP) is 4.53. The summed E-state index contributed by atoms with van der Waals surface area (Å²) in [7, 11) is 0. The summed E-state index contributed by atoms with van der Waals surface area (Å²) in [5.74, 6) is 0.826. The highest BCUT2D eigenvalue weighted by atomic mass is 16.5. The molecule has 0 aromatic rings. The molecule has 0 aromatic carbocycles. The second kappa shape index (κ2) is 6.36. The molecule has 4 unspecified atom stereocenters. The minimum atomic E-state index is 0.0990. The second-order valence-corrected chi connectivity index (χ2v) is 8.37. The maximum atomic E-state index is 5.99. The standard InChI is InChI=1S/C18H35NO/c1-6-18(5)13-14(11-12-20-18)19-16-10-8-7-9-15(16)17(2,3)4/h14-16,19H,6-13H2,1-5H3. The van der Waals surface area contributed by atoms with E-state index in [9.17, 15) is 0 Å². The van der Waals surface area contributed by atoms with Gasteiger partial charge in [0.15, 0.2) is 0 Å². The third-order valence-corrected chi connectivity index (χ3v) is 5.67. The Morgan fingerprint density at radius 3 is 2.50 bits per heavy atom. The number of hydrogen-bond donors (Lipinski definition) is 1. The van der Waals surface area contributed by atoms with E-state index in [1.54, 1.807) is 0 Å². The van der Waals surface area contributed by atoms with Crippen LogP contribution in [0.2, 0.25) is 0 Å². The molecule has 2 fully saturated rings. The van der Waals surface area contributed by atoms with Crippen molar-refractivity contribution in [2.24, 2.45) is 11.3 Å². The Bertz CT molecular complexity index is 309. The molecule has 20 heavy (non-hydrogen) atoms. The highest BCUT2D eigenvalue weighted by molar-refractivity contribution is 4.93. The molecule has 0 spiro atoms. The van der Waals surface area contributed by atoms with Crippen molar-refractivity contribution in [2.75, 3.05) is 6.61 Å². The summed E-state index contributed by atoms with van der Waals surface area (Å²) in [4.78, 5) is 0. The van der Waals surface area contributed by atoms with Crippen molar-refractivity contribution in [3.63, 3.8) is 0 Å². The van der Waals surface area contributed by atoms with Gasteiger partial charge in [-0.2, -0.15) is 0 Å². The van der Waals surface area contributed by atoms with Crippen molar-refractivity contribution >= 4 is 0 Å². The van der Waals surface area contributed by atoms with E-state index in [1.807, 2.05) is 0 Å². The van der Waals surface area contributed by atoms with Crippen LogP contribution in [0.1, 0.15) is 79.6 Å². The molecule has 2 aliphatic rings. The third kappa shape index (κ3) is 3.98. The average molecular weight is 281 g/mol. The molecule has 2 rings (SSSR count). The molecule has 2 nitrogen and oxygen atoms in total. The lowest BCUT2D eigenvalue weighted by Crippen LogP contribution is -2.52. The van der Waals surface area contributed by atoms with E-state index in [1.165, 1.54) is 38.5 Å². The van der Waals surface area contributed by atoms with Crippen LogP contribution in [0.3, 0.4) is 0 Å². The molecule has 0 bridgehead atoms. The number of hydrogen-bond acceptors (Lipinski definition) is 2. The fraction of sp³-hybridized carbons (Fsp3) is 1.00. The van der Waals surface area contributed by atoms with Crippen LogP contribution in [0, 0.1) is 11.3 Å². The fourth-order valence-corrected chi connectivity index (χ4v) is 4.19. The van der Waals surface area contributed by atoms with E-state index in [4.69, 9.17) is 4.74 Å². The quantitative estimate of drug-likeness (QED) is 0.820. The molecule has 118 valence electrons. The minimum Gasteiger partial charge on any atom is -0.375 e. The van der Waals surface area contributed by atoms with Gasteiger partial charge in [0.25, 0.3) is 0 Å². The molecule has 1 heterocycles. The zero-order valence-electron chi connectivity index (χ0n) is 14.3. The highest BCUT2D eigenvalue weighted by Crippen LogP contribution is 2.39. The second-order valence-electron chi connectivity index (χ2n) is 8.37. The van der Waals surface area contributed by atoms with Gasteiger partial charge >= 0.3 is 0 Å². The molecule has 1 aliphatic carbocycles. The summed E-state index contributed by atoms with van der Waals surface area (Å²) in [5.41, 5.74) is 0.527. The first-order valence-electron chi connectivity index (χ1n) is 8.74. The van der Waals surface area contributed by atoms with E-state index in [2.05, 4.69) is 39.9 Å². The Kier molecular flexibility index (Phi) is 5.18. The smallest absolute Gasteiger partial charge is 0.0666 e. The lowest BCUT2D eigenvalue weighted by molar-refractivity contribution is -0.0812. The lowest BCUT2D eigenvalue weighted by Gasteiger charge is -2.45. The predicted molar refractivity (Wildman–Crippen MR) is 86.0 cm³/mol. The highest BCUT2D eigenvalue weighted by Gasteiger charge is 2.37. The zero-order chi connectivity index (χ0) is 14.8. The molecule has 1 saturated carbocycles. The molecule has 4 atom stereocenters. The number of rotatable bonds is 3. The number of ether oxygens (including phenoxy) is 1. The molecular formula is C18H35NO. The van der Waals surface area contributed by atoms with Crippen molar-refractivity contribution in [2.45, 2.75) is 97.2 Å². The Hall–Kier alpha value is -0.0800. The molecule has 1 N–H and O–H groups in total. The summed E-state index contributed by atoms with van der Waals surface area (Å²) in [6, 6.07) is 1.37. The van der Waals surface area contributed by atoms with Crippen molar-refractivity contribution in [3.8, 4) is 0 Å². The van der Waals surface area contributed by atoms with Crippen molar-refractivity contribution < 1.29 is 4.74 Å². The summed E-state index contributed by atoms with van der Waals surface area (Å²) in [6.45, 7) is 12.7. The Balaban J connectivity index is 1.96. The Labute approximate surface area is 126 Å². The van der Waals surface area contributed by atoms with E-state index >= 15 is 0 Å². The summed E-state index contributed by atoms with van der Waals surface area (Å²) in [6.07, 6.45) is 9.06. The van der Waals surface area contributed by atoms with E-state index in [0.717, 1.165) is 18.9 Å². The number of nitrogens with one attached hydrogen (secondary N) is 1. The van der Waals surface area contributed by atoms with Gasteiger partial charge in [0.05, 0.1) is 5.60 Å². The van der Waals surface area contributed by atoms with Gasteiger partial charge < -0.3 is 10.1 Å². The van der Waals surface area contributed by atoms with E-state index < -0.39 is 0 Å². The van der Waals surface area contributed by atoms with Crippen LogP contribution in [-0.4, -0.2) is 24.3 Å². The van der Waals surface area contributed by atoms with Gasteiger partial charge in [-0.15, -0.1) is 0 Å². The van der Waals surface area contributed by atoms with Crippen LogP contribution < -0.4 is 5.32 Å². The fourth-order valence-electron chi connectivity index (χ4n) is 4.19.